The Bertz CT molecular complexity index is 892. The molecule has 0 radical (unpaired) electrons. The molecule has 0 amide bonds. The van der Waals surface area contributed by atoms with Gasteiger partial charge in [0.15, 0.2) is 0 Å². The average molecular weight is 473 g/mol. The van der Waals surface area contributed by atoms with Gasteiger partial charge in [-0.05, 0) is 62.2 Å². The second-order valence-corrected chi connectivity index (χ2v) is 9.49. The van der Waals surface area contributed by atoms with Crippen molar-refractivity contribution in [1.82, 2.24) is 9.80 Å². The summed E-state index contributed by atoms with van der Waals surface area (Å²) in [6, 6.07) is 14.1. The largest absolute Gasteiger partial charge is 0.494 e. The lowest BCUT2D eigenvalue weighted by atomic mass is 10.1. The molecule has 2 aromatic rings. The SMILES string of the molecule is O[C@@]1(COc2cccc(F)c2)COCCN(Cc2cccc(OCCCN3CCCCC3)c2)C1. The molecule has 2 aromatic carbocycles. The van der Waals surface area contributed by atoms with Crippen molar-refractivity contribution in [3.8, 4) is 11.5 Å². The van der Waals surface area contributed by atoms with E-state index in [9.17, 15) is 9.50 Å². The number of aliphatic hydroxyl groups is 1. The van der Waals surface area contributed by atoms with E-state index in [1.807, 2.05) is 12.1 Å². The van der Waals surface area contributed by atoms with Gasteiger partial charge in [0.2, 0.25) is 0 Å². The second-order valence-electron chi connectivity index (χ2n) is 9.49. The molecule has 2 fully saturated rings. The molecule has 1 atom stereocenters. The highest BCUT2D eigenvalue weighted by Crippen LogP contribution is 2.21. The van der Waals surface area contributed by atoms with Gasteiger partial charge in [0.05, 0.1) is 19.8 Å². The number of piperidine rings is 1. The first-order valence-electron chi connectivity index (χ1n) is 12.4. The molecule has 6 nitrogen and oxygen atoms in total. The van der Waals surface area contributed by atoms with Gasteiger partial charge in [-0.1, -0.05) is 24.6 Å². The zero-order valence-corrected chi connectivity index (χ0v) is 20.0. The first-order valence-corrected chi connectivity index (χ1v) is 12.4. The average Bonchev–Trinajstić information content (AvgIpc) is 3.03. The summed E-state index contributed by atoms with van der Waals surface area (Å²) >= 11 is 0. The Labute approximate surface area is 202 Å². The number of hydrogen-bond donors (Lipinski definition) is 1. The summed E-state index contributed by atoms with van der Waals surface area (Å²) in [5.41, 5.74) is -0.0467. The van der Waals surface area contributed by atoms with Crippen molar-refractivity contribution in [2.75, 3.05) is 59.2 Å². The Balaban J connectivity index is 1.26. The summed E-state index contributed by atoms with van der Waals surface area (Å²) in [6.45, 7) is 6.80. The maximum Gasteiger partial charge on any atom is 0.134 e. The van der Waals surface area contributed by atoms with Crippen LogP contribution in [0.2, 0.25) is 0 Å². The van der Waals surface area contributed by atoms with Crippen LogP contribution in [0, 0.1) is 5.82 Å². The molecule has 0 unspecified atom stereocenters. The van der Waals surface area contributed by atoms with Crippen LogP contribution in [-0.4, -0.2) is 79.7 Å². The van der Waals surface area contributed by atoms with Crippen molar-refractivity contribution in [2.24, 2.45) is 0 Å². The van der Waals surface area contributed by atoms with Gasteiger partial charge in [-0.3, -0.25) is 4.90 Å². The van der Waals surface area contributed by atoms with E-state index in [0.717, 1.165) is 24.3 Å². The van der Waals surface area contributed by atoms with Gasteiger partial charge in [0.1, 0.15) is 29.5 Å². The number of β-amino-alcohol motifs (C(OH)–C–C–N with tert-alkyl or cyclic N) is 1. The summed E-state index contributed by atoms with van der Waals surface area (Å²) in [7, 11) is 0. The minimum atomic E-state index is -1.18. The maximum atomic E-state index is 13.4. The van der Waals surface area contributed by atoms with Crippen molar-refractivity contribution >= 4 is 0 Å². The van der Waals surface area contributed by atoms with Gasteiger partial charge in [0.25, 0.3) is 0 Å². The van der Waals surface area contributed by atoms with Gasteiger partial charge >= 0.3 is 0 Å². The van der Waals surface area contributed by atoms with E-state index >= 15 is 0 Å². The van der Waals surface area contributed by atoms with Gasteiger partial charge in [-0.25, -0.2) is 4.39 Å². The summed E-state index contributed by atoms with van der Waals surface area (Å²) in [4.78, 5) is 4.70. The van der Waals surface area contributed by atoms with Crippen molar-refractivity contribution in [2.45, 2.75) is 37.8 Å². The number of likely N-dealkylation sites (tertiary alicyclic amines) is 1. The molecule has 2 aliphatic rings. The van der Waals surface area contributed by atoms with E-state index < -0.39 is 5.60 Å². The Kier molecular flexibility index (Phi) is 9.16. The zero-order chi connectivity index (χ0) is 23.6. The molecule has 34 heavy (non-hydrogen) atoms. The Morgan fingerprint density at radius 3 is 2.56 bits per heavy atom. The molecular formula is C27H37FN2O4. The van der Waals surface area contributed by atoms with E-state index in [1.54, 1.807) is 12.1 Å². The lowest BCUT2D eigenvalue weighted by molar-refractivity contribution is -0.0647. The van der Waals surface area contributed by atoms with Crippen molar-refractivity contribution in [1.29, 1.82) is 0 Å². The van der Waals surface area contributed by atoms with Crippen LogP contribution < -0.4 is 9.47 Å². The summed E-state index contributed by atoms with van der Waals surface area (Å²) in [6.07, 6.45) is 5.03. The van der Waals surface area contributed by atoms with E-state index in [0.29, 0.717) is 38.6 Å². The van der Waals surface area contributed by atoms with Crippen molar-refractivity contribution < 1.29 is 23.7 Å². The Morgan fingerprint density at radius 2 is 1.74 bits per heavy atom. The first-order chi connectivity index (χ1) is 16.6. The fraction of sp³-hybridized carbons (Fsp3) is 0.556. The molecule has 0 spiro atoms. The molecule has 4 rings (SSSR count). The van der Waals surface area contributed by atoms with Crippen molar-refractivity contribution in [3.63, 3.8) is 0 Å². The zero-order valence-electron chi connectivity index (χ0n) is 20.0. The minimum Gasteiger partial charge on any atom is -0.494 e. The quantitative estimate of drug-likeness (QED) is 0.532. The normalized spacial score (nSPS) is 22.3. The number of rotatable bonds is 10. The van der Waals surface area contributed by atoms with Crippen LogP contribution in [0.4, 0.5) is 4.39 Å². The van der Waals surface area contributed by atoms with Crippen LogP contribution in [0.3, 0.4) is 0 Å². The van der Waals surface area contributed by atoms with Crippen LogP contribution in [0.15, 0.2) is 48.5 Å². The van der Waals surface area contributed by atoms with Gasteiger partial charge in [-0.15, -0.1) is 0 Å². The monoisotopic (exact) mass is 472 g/mol. The maximum absolute atomic E-state index is 13.4. The predicted octanol–water partition coefficient (Wildman–Crippen LogP) is 3.72. The molecule has 7 heteroatoms. The van der Waals surface area contributed by atoms with Crippen LogP contribution in [0.1, 0.15) is 31.2 Å². The molecule has 0 aromatic heterocycles. The van der Waals surface area contributed by atoms with Crippen LogP contribution in [0.25, 0.3) is 0 Å². The smallest absolute Gasteiger partial charge is 0.134 e. The van der Waals surface area contributed by atoms with E-state index in [-0.39, 0.29) is 19.0 Å². The van der Waals surface area contributed by atoms with E-state index in [4.69, 9.17) is 14.2 Å². The predicted molar refractivity (Wildman–Crippen MR) is 130 cm³/mol. The lowest BCUT2D eigenvalue weighted by Crippen LogP contribution is -2.48. The third-order valence-corrected chi connectivity index (χ3v) is 6.38. The third-order valence-electron chi connectivity index (χ3n) is 6.38. The number of halogens is 1. The molecule has 2 saturated heterocycles. The molecule has 186 valence electrons. The third kappa shape index (κ3) is 7.94. The van der Waals surface area contributed by atoms with E-state index in [1.165, 1.54) is 44.5 Å². The fourth-order valence-electron chi connectivity index (χ4n) is 4.65. The summed E-state index contributed by atoms with van der Waals surface area (Å²) in [5, 5.41) is 11.1. The molecule has 0 saturated carbocycles. The Hall–Kier alpha value is -2.19. The molecule has 0 aliphatic carbocycles. The number of benzene rings is 2. The topological polar surface area (TPSA) is 54.4 Å². The van der Waals surface area contributed by atoms with Gasteiger partial charge in [0, 0.05) is 32.2 Å². The van der Waals surface area contributed by atoms with Crippen LogP contribution >= 0.6 is 0 Å². The number of ether oxygens (including phenoxy) is 3. The standard InChI is InChI=1S/C27H37FN2O4/c28-24-8-5-10-26(18-24)34-22-27(31)20-30(14-16-32-21-27)19-23-7-4-9-25(17-23)33-15-6-13-29-11-2-1-3-12-29/h4-5,7-10,17-18,31H,1-3,6,11-16,19-22H2/t27-/m1/s1. The van der Waals surface area contributed by atoms with Crippen LogP contribution in [-0.2, 0) is 11.3 Å². The first kappa shape index (κ1) is 24.9. The number of nitrogens with zero attached hydrogens (tertiary/aromatic N) is 2. The highest BCUT2D eigenvalue weighted by molar-refractivity contribution is 5.28. The number of hydrogen-bond acceptors (Lipinski definition) is 6. The summed E-state index contributed by atoms with van der Waals surface area (Å²) in [5.74, 6) is 0.915. The minimum absolute atomic E-state index is 0.0348. The summed E-state index contributed by atoms with van der Waals surface area (Å²) < 4.78 is 30.8. The fourth-order valence-corrected chi connectivity index (χ4v) is 4.65. The van der Waals surface area contributed by atoms with Gasteiger partial charge < -0.3 is 24.2 Å². The molecule has 1 N–H and O–H groups in total. The highest BCUT2D eigenvalue weighted by Gasteiger charge is 2.33. The van der Waals surface area contributed by atoms with E-state index in [2.05, 4.69) is 21.9 Å². The van der Waals surface area contributed by atoms with Gasteiger partial charge in [-0.2, -0.15) is 0 Å². The molecule has 2 heterocycles. The lowest BCUT2D eigenvalue weighted by Gasteiger charge is -2.30. The Morgan fingerprint density at radius 1 is 0.941 bits per heavy atom. The molecular weight excluding hydrogens is 435 g/mol. The van der Waals surface area contributed by atoms with Crippen molar-refractivity contribution in [3.05, 3.63) is 59.9 Å². The van der Waals surface area contributed by atoms with Crippen LogP contribution in [0.5, 0.6) is 11.5 Å². The second kappa shape index (κ2) is 12.5. The molecule has 0 bridgehead atoms. The molecule has 2 aliphatic heterocycles. The highest BCUT2D eigenvalue weighted by atomic mass is 19.1.